The zero-order valence-corrected chi connectivity index (χ0v) is 17.9. The van der Waals surface area contributed by atoms with Crippen molar-refractivity contribution in [3.63, 3.8) is 0 Å². The Morgan fingerprint density at radius 1 is 1.09 bits per heavy atom. The Bertz CT molecular complexity index is 991. The summed E-state index contributed by atoms with van der Waals surface area (Å²) in [6.45, 7) is 3.42. The summed E-state index contributed by atoms with van der Waals surface area (Å²) in [5.41, 5.74) is -1.05. The van der Waals surface area contributed by atoms with Gasteiger partial charge in [0.15, 0.2) is 11.5 Å². The lowest BCUT2D eigenvalue weighted by atomic mass is 9.92. The fraction of sp³-hybridized carbons (Fsp3) is 0.600. The van der Waals surface area contributed by atoms with E-state index in [1.165, 1.54) is 13.0 Å². The molecule has 1 saturated heterocycles. The molecule has 2 aliphatic rings. The standard InChI is InChI=1S/C20H24F5N7O/c1-13(33)30-8-10-31(11-9-30)16-12-17(32-7-4-15(29-32)20(23,24)25)28-18(27-16)26-14-2-5-19(21,22)6-3-14/h4,7,12,14H,2-3,5-6,8-11H2,1H3,(H,26,27,28). The highest BCUT2D eigenvalue weighted by molar-refractivity contribution is 5.73. The SMILES string of the molecule is CC(=O)N1CCN(c2cc(-n3ccc(C(F)(F)F)n3)nc(NC3CCC(F)(F)CC3)n2)CC1. The maximum atomic E-state index is 13.5. The van der Waals surface area contributed by atoms with E-state index in [1.807, 2.05) is 4.90 Å². The van der Waals surface area contributed by atoms with Gasteiger partial charge in [0.05, 0.1) is 0 Å². The first kappa shape index (κ1) is 23.2. The fourth-order valence-electron chi connectivity index (χ4n) is 3.99. The van der Waals surface area contributed by atoms with Crippen molar-refractivity contribution < 1.29 is 26.7 Å². The highest BCUT2D eigenvalue weighted by atomic mass is 19.4. The van der Waals surface area contributed by atoms with Crippen molar-refractivity contribution in [3.8, 4) is 5.82 Å². The van der Waals surface area contributed by atoms with Crippen LogP contribution in [0, 0.1) is 0 Å². The zero-order valence-electron chi connectivity index (χ0n) is 17.9. The summed E-state index contributed by atoms with van der Waals surface area (Å²) >= 11 is 0. The molecule has 13 heteroatoms. The van der Waals surface area contributed by atoms with Gasteiger partial charge in [-0.2, -0.15) is 28.2 Å². The summed E-state index contributed by atoms with van der Waals surface area (Å²) in [6, 6.07) is 2.10. The molecule has 0 radical (unpaired) electrons. The summed E-state index contributed by atoms with van der Waals surface area (Å²) < 4.78 is 67.1. The maximum absolute atomic E-state index is 13.5. The molecule has 3 heterocycles. The number of amides is 1. The predicted molar refractivity (Wildman–Crippen MR) is 109 cm³/mol. The number of nitrogens with one attached hydrogen (secondary N) is 1. The Balaban J connectivity index is 1.60. The van der Waals surface area contributed by atoms with E-state index < -0.39 is 17.8 Å². The first-order chi connectivity index (χ1) is 15.5. The van der Waals surface area contributed by atoms with Crippen molar-refractivity contribution >= 4 is 17.7 Å². The van der Waals surface area contributed by atoms with Crippen LogP contribution >= 0.6 is 0 Å². The molecule has 0 bridgehead atoms. The van der Waals surface area contributed by atoms with E-state index in [-0.39, 0.29) is 49.4 Å². The minimum Gasteiger partial charge on any atom is -0.353 e. The van der Waals surface area contributed by atoms with Crippen molar-refractivity contribution in [2.45, 2.75) is 50.7 Å². The lowest BCUT2D eigenvalue weighted by Gasteiger charge is -2.35. The van der Waals surface area contributed by atoms with Gasteiger partial charge in [0.2, 0.25) is 17.8 Å². The molecule has 33 heavy (non-hydrogen) atoms. The number of halogens is 5. The summed E-state index contributed by atoms with van der Waals surface area (Å²) in [5.74, 6) is -2.02. The first-order valence-corrected chi connectivity index (χ1v) is 10.7. The van der Waals surface area contributed by atoms with E-state index in [1.54, 1.807) is 4.90 Å². The van der Waals surface area contributed by atoms with E-state index in [0.29, 0.717) is 32.0 Å². The molecule has 180 valence electrons. The van der Waals surface area contributed by atoms with Gasteiger partial charge in [-0.15, -0.1) is 0 Å². The predicted octanol–water partition coefficient (Wildman–Crippen LogP) is 3.34. The van der Waals surface area contributed by atoms with Gasteiger partial charge in [0, 0.05) is 64.2 Å². The lowest BCUT2D eigenvalue weighted by Crippen LogP contribution is -2.48. The number of hydrogen-bond acceptors (Lipinski definition) is 6. The molecule has 0 spiro atoms. The molecule has 1 amide bonds. The number of carbonyl (C=O) groups excluding carboxylic acids is 1. The zero-order chi connectivity index (χ0) is 23.8. The minimum atomic E-state index is -4.60. The number of hydrogen-bond donors (Lipinski definition) is 1. The van der Waals surface area contributed by atoms with Crippen molar-refractivity contribution in [2.24, 2.45) is 0 Å². The third kappa shape index (κ3) is 5.50. The topological polar surface area (TPSA) is 79.2 Å². The van der Waals surface area contributed by atoms with Gasteiger partial charge in [-0.05, 0) is 18.9 Å². The van der Waals surface area contributed by atoms with Crippen LogP contribution in [0.4, 0.5) is 33.7 Å². The summed E-state index contributed by atoms with van der Waals surface area (Å²) in [7, 11) is 0. The van der Waals surface area contributed by atoms with Crippen LogP contribution < -0.4 is 10.2 Å². The van der Waals surface area contributed by atoms with Crippen LogP contribution in [0.5, 0.6) is 0 Å². The Morgan fingerprint density at radius 3 is 2.30 bits per heavy atom. The van der Waals surface area contributed by atoms with Crippen LogP contribution in [0.15, 0.2) is 18.3 Å². The van der Waals surface area contributed by atoms with Crippen LogP contribution in [0.2, 0.25) is 0 Å². The van der Waals surface area contributed by atoms with Crippen molar-refractivity contribution in [2.75, 3.05) is 36.4 Å². The molecule has 2 aromatic rings. The number of piperazine rings is 1. The van der Waals surface area contributed by atoms with Gasteiger partial charge in [-0.3, -0.25) is 4.79 Å². The molecule has 8 nitrogen and oxygen atoms in total. The van der Waals surface area contributed by atoms with E-state index in [0.717, 1.165) is 16.9 Å². The van der Waals surface area contributed by atoms with E-state index >= 15 is 0 Å². The fourth-order valence-corrected chi connectivity index (χ4v) is 3.99. The van der Waals surface area contributed by atoms with Crippen LogP contribution in [-0.4, -0.2) is 68.7 Å². The third-order valence-corrected chi connectivity index (χ3v) is 5.91. The molecule has 0 atom stereocenters. The van der Waals surface area contributed by atoms with Gasteiger partial charge < -0.3 is 15.1 Å². The Labute approximate surface area is 186 Å². The highest BCUT2D eigenvalue weighted by Crippen LogP contribution is 2.34. The molecular weight excluding hydrogens is 449 g/mol. The quantitative estimate of drug-likeness (QED) is 0.687. The molecule has 0 aromatic carbocycles. The van der Waals surface area contributed by atoms with Gasteiger partial charge in [0.25, 0.3) is 0 Å². The van der Waals surface area contributed by atoms with Gasteiger partial charge in [-0.25, -0.2) is 13.5 Å². The smallest absolute Gasteiger partial charge is 0.353 e. The van der Waals surface area contributed by atoms with E-state index in [2.05, 4.69) is 20.4 Å². The molecule has 4 rings (SSSR count). The van der Waals surface area contributed by atoms with Crippen molar-refractivity contribution in [3.05, 3.63) is 24.0 Å². The molecule has 2 aromatic heterocycles. The number of alkyl halides is 5. The number of nitrogens with zero attached hydrogens (tertiary/aromatic N) is 6. The maximum Gasteiger partial charge on any atom is 0.435 e. The molecule has 1 saturated carbocycles. The van der Waals surface area contributed by atoms with Crippen LogP contribution in [0.1, 0.15) is 38.3 Å². The second-order valence-corrected chi connectivity index (χ2v) is 8.32. The number of carbonyl (C=O) groups is 1. The van der Waals surface area contributed by atoms with Crippen molar-refractivity contribution in [1.29, 1.82) is 0 Å². The Hall–Kier alpha value is -2.99. The third-order valence-electron chi connectivity index (χ3n) is 5.91. The van der Waals surface area contributed by atoms with Crippen LogP contribution in [-0.2, 0) is 11.0 Å². The largest absolute Gasteiger partial charge is 0.435 e. The molecule has 1 aliphatic heterocycles. The second-order valence-electron chi connectivity index (χ2n) is 8.32. The average molecular weight is 473 g/mol. The highest BCUT2D eigenvalue weighted by Gasteiger charge is 2.36. The molecule has 2 fully saturated rings. The summed E-state index contributed by atoms with van der Waals surface area (Å²) in [4.78, 5) is 24.0. The minimum absolute atomic E-state index is 0.0364. The lowest BCUT2D eigenvalue weighted by molar-refractivity contribution is -0.141. The number of aromatic nitrogens is 4. The second kappa shape index (κ2) is 8.75. The summed E-state index contributed by atoms with van der Waals surface area (Å²) in [6.07, 6.45) is -3.48. The first-order valence-electron chi connectivity index (χ1n) is 10.7. The van der Waals surface area contributed by atoms with E-state index in [4.69, 9.17) is 0 Å². The van der Waals surface area contributed by atoms with Gasteiger partial charge >= 0.3 is 6.18 Å². The summed E-state index contributed by atoms with van der Waals surface area (Å²) in [5, 5.41) is 6.65. The normalized spacial score (nSPS) is 19.6. The number of rotatable bonds is 4. The van der Waals surface area contributed by atoms with Crippen LogP contribution in [0.3, 0.4) is 0 Å². The average Bonchev–Trinajstić information content (AvgIpc) is 3.26. The van der Waals surface area contributed by atoms with Gasteiger partial charge in [-0.1, -0.05) is 0 Å². The monoisotopic (exact) mass is 473 g/mol. The molecule has 1 aliphatic carbocycles. The number of anilines is 2. The molecule has 0 unspecified atom stereocenters. The Morgan fingerprint density at radius 2 is 1.73 bits per heavy atom. The molecule has 1 N–H and O–H groups in total. The molecular formula is C20H24F5N7O. The van der Waals surface area contributed by atoms with E-state index in [9.17, 15) is 26.7 Å². The van der Waals surface area contributed by atoms with Gasteiger partial charge in [0.1, 0.15) is 5.82 Å². The van der Waals surface area contributed by atoms with Crippen LogP contribution in [0.25, 0.3) is 5.82 Å². The Kier molecular flexibility index (Phi) is 6.14. The van der Waals surface area contributed by atoms with Crippen molar-refractivity contribution in [1.82, 2.24) is 24.6 Å².